The lowest BCUT2D eigenvalue weighted by Crippen LogP contribution is -2.56. The summed E-state index contributed by atoms with van der Waals surface area (Å²) in [6.45, 7) is 3.15. The number of carbonyl (C=O) groups excluding carboxylic acids is 3. The first-order valence-electron chi connectivity index (χ1n) is 12.5. The number of amides is 2. The first-order chi connectivity index (χ1) is 16.5. The molecule has 2 amide bonds. The number of fused-ring (bicyclic) bond motifs is 1. The fourth-order valence-electron chi connectivity index (χ4n) is 6.23. The summed E-state index contributed by atoms with van der Waals surface area (Å²) in [6.07, 6.45) is 4.84. The van der Waals surface area contributed by atoms with Crippen molar-refractivity contribution in [3.63, 3.8) is 0 Å². The van der Waals surface area contributed by atoms with Gasteiger partial charge in [0.1, 0.15) is 5.41 Å². The molecule has 2 atom stereocenters. The Kier molecular flexibility index (Phi) is 6.15. The Bertz CT molecular complexity index is 1160. The molecule has 1 saturated heterocycles. The highest BCUT2D eigenvalue weighted by Crippen LogP contribution is 2.54. The van der Waals surface area contributed by atoms with Crippen LogP contribution in [0.2, 0.25) is 0 Å². The topological polar surface area (TPSA) is 75.7 Å². The molecule has 1 fully saturated rings. The predicted octanol–water partition coefficient (Wildman–Crippen LogP) is 4.48. The van der Waals surface area contributed by atoms with Crippen LogP contribution in [0.3, 0.4) is 0 Å². The maximum atomic E-state index is 13.5. The largest absolute Gasteiger partial charge is 0.465 e. The summed E-state index contributed by atoms with van der Waals surface area (Å²) >= 11 is 0. The second-order valence-corrected chi connectivity index (χ2v) is 9.72. The third-order valence-electron chi connectivity index (χ3n) is 7.66. The Hall–Kier alpha value is -3.15. The molecule has 1 aliphatic carbocycles. The summed E-state index contributed by atoms with van der Waals surface area (Å²) < 4.78 is 5.53. The van der Waals surface area contributed by atoms with Crippen LogP contribution in [0.25, 0.3) is 10.8 Å². The van der Waals surface area contributed by atoms with Crippen molar-refractivity contribution in [3.8, 4) is 0 Å². The van der Waals surface area contributed by atoms with E-state index in [-0.39, 0.29) is 24.2 Å². The molecule has 0 saturated carbocycles. The van der Waals surface area contributed by atoms with Gasteiger partial charge in [0.25, 0.3) is 0 Å². The molecular formula is C28H32N2O4. The maximum Gasteiger partial charge on any atom is 0.318 e. The highest BCUT2D eigenvalue weighted by atomic mass is 16.5. The molecule has 2 aromatic rings. The van der Waals surface area contributed by atoms with E-state index in [0.717, 1.165) is 47.7 Å². The first kappa shape index (κ1) is 22.6. The van der Waals surface area contributed by atoms with Gasteiger partial charge in [0, 0.05) is 31.1 Å². The summed E-state index contributed by atoms with van der Waals surface area (Å²) in [5.41, 5.74) is 2.39. The number of nitrogens with one attached hydrogen (secondary N) is 1. The van der Waals surface area contributed by atoms with Gasteiger partial charge in [-0.25, -0.2) is 0 Å². The van der Waals surface area contributed by atoms with Crippen LogP contribution < -0.4 is 5.32 Å². The van der Waals surface area contributed by atoms with Gasteiger partial charge in [0.2, 0.25) is 11.8 Å². The summed E-state index contributed by atoms with van der Waals surface area (Å²) in [5.74, 6) is -0.930. The molecule has 0 aromatic heterocycles. The second-order valence-electron chi connectivity index (χ2n) is 9.72. The van der Waals surface area contributed by atoms with E-state index in [2.05, 4.69) is 23.5 Å². The number of esters is 1. The minimum Gasteiger partial charge on any atom is -0.465 e. The maximum absolute atomic E-state index is 13.5. The predicted molar refractivity (Wildman–Crippen MR) is 129 cm³/mol. The molecule has 5 rings (SSSR count). The van der Waals surface area contributed by atoms with Crippen LogP contribution in [0.1, 0.15) is 57.4 Å². The van der Waals surface area contributed by atoms with E-state index < -0.39 is 11.3 Å². The number of piperidine rings is 1. The van der Waals surface area contributed by atoms with Crippen LogP contribution in [0.15, 0.2) is 53.7 Å². The molecule has 2 aromatic carbocycles. The minimum absolute atomic E-state index is 0.0191. The van der Waals surface area contributed by atoms with E-state index in [4.69, 9.17) is 4.74 Å². The molecular weight excluding hydrogens is 428 g/mol. The van der Waals surface area contributed by atoms with Crippen LogP contribution in [0.4, 0.5) is 0 Å². The number of hydrogen-bond acceptors (Lipinski definition) is 4. The van der Waals surface area contributed by atoms with E-state index in [0.29, 0.717) is 32.5 Å². The number of benzene rings is 2. The number of nitrogens with zero attached hydrogens (tertiary/aromatic N) is 1. The smallest absolute Gasteiger partial charge is 0.318 e. The van der Waals surface area contributed by atoms with Gasteiger partial charge in [-0.2, -0.15) is 0 Å². The molecule has 0 spiro atoms. The van der Waals surface area contributed by atoms with Gasteiger partial charge in [-0.05, 0) is 67.4 Å². The molecule has 0 unspecified atom stereocenters. The summed E-state index contributed by atoms with van der Waals surface area (Å²) in [5, 5.41) is 5.26. The van der Waals surface area contributed by atoms with Crippen LogP contribution in [0.5, 0.6) is 0 Å². The van der Waals surface area contributed by atoms with E-state index >= 15 is 0 Å². The lowest BCUT2D eigenvalue weighted by Gasteiger charge is -2.51. The van der Waals surface area contributed by atoms with E-state index in [9.17, 15) is 14.4 Å². The summed E-state index contributed by atoms with van der Waals surface area (Å²) in [6, 6.07) is 14.1. The zero-order valence-corrected chi connectivity index (χ0v) is 19.8. The number of allylic oxidation sites excluding steroid dienone is 1. The first-order valence-corrected chi connectivity index (χ1v) is 12.5. The normalized spacial score (nSPS) is 24.1. The monoisotopic (exact) mass is 460 g/mol. The number of rotatable bonds is 6. The second kappa shape index (κ2) is 9.24. The Morgan fingerprint density at radius 2 is 1.91 bits per heavy atom. The summed E-state index contributed by atoms with van der Waals surface area (Å²) in [4.78, 5) is 41.5. The molecule has 2 aliphatic heterocycles. The van der Waals surface area contributed by atoms with Gasteiger partial charge in [-0.3, -0.25) is 14.4 Å². The summed E-state index contributed by atoms with van der Waals surface area (Å²) in [7, 11) is 0. The molecule has 34 heavy (non-hydrogen) atoms. The molecule has 178 valence electrons. The van der Waals surface area contributed by atoms with Gasteiger partial charge in [-0.15, -0.1) is 0 Å². The standard InChI is InChI=1S/C28H32N2O4/c1-2-34-27(33)28-14-6-11-20-12-7-15-30(25(20)28)26(32)22(17-28)16-24(31)29-18-21-10-5-9-19-8-3-4-13-23(19)21/h3-5,8-10,13,22H,2,6-7,11-12,14-18H2,1H3,(H,29,31)/t22-,28-/m0/s1. The van der Waals surface area contributed by atoms with Crippen molar-refractivity contribution in [2.75, 3.05) is 13.2 Å². The Balaban J connectivity index is 1.35. The molecule has 1 N–H and O–H groups in total. The van der Waals surface area contributed by atoms with Crippen LogP contribution in [0, 0.1) is 11.3 Å². The molecule has 6 heteroatoms. The van der Waals surface area contributed by atoms with Crippen molar-refractivity contribution < 1.29 is 19.1 Å². The molecule has 0 bridgehead atoms. The lowest BCUT2D eigenvalue weighted by molar-refractivity contribution is -0.162. The van der Waals surface area contributed by atoms with Crippen molar-refractivity contribution in [2.45, 2.75) is 58.4 Å². The average molecular weight is 461 g/mol. The van der Waals surface area contributed by atoms with Gasteiger partial charge in [0.05, 0.1) is 6.61 Å². The van der Waals surface area contributed by atoms with Crippen molar-refractivity contribution in [1.29, 1.82) is 0 Å². The van der Waals surface area contributed by atoms with Crippen molar-refractivity contribution in [2.24, 2.45) is 11.3 Å². The van der Waals surface area contributed by atoms with E-state index in [1.807, 2.05) is 36.1 Å². The Labute approximate surface area is 200 Å². The van der Waals surface area contributed by atoms with Gasteiger partial charge < -0.3 is 15.0 Å². The highest BCUT2D eigenvalue weighted by Gasteiger charge is 2.56. The number of hydrogen-bond donors (Lipinski definition) is 1. The Morgan fingerprint density at radius 1 is 1.12 bits per heavy atom. The van der Waals surface area contributed by atoms with E-state index in [1.54, 1.807) is 0 Å². The van der Waals surface area contributed by atoms with E-state index in [1.165, 1.54) is 5.57 Å². The van der Waals surface area contributed by atoms with Crippen molar-refractivity contribution >= 4 is 28.6 Å². The molecule has 0 radical (unpaired) electrons. The van der Waals surface area contributed by atoms with Crippen LogP contribution >= 0.6 is 0 Å². The zero-order valence-electron chi connectivity index (χ0n) is 19.8. The lowest BCUT2D eigenvalue weighted by atomic mass is 9.63. The average Bonchev–Trinajstić information content (AvgIpc) is 2.86. The van der Waals surface area contributed by atoms with Crippen molar-refractivity contribution in [1.82, 2.24) is 10.2 Å². The zero-order chi connectivity index (χ0) is 23.7. The van der Waals surface area contributed by atoms with Gasteiger partial charge >= 0.3 is 5.97 Å². The molecule has 6 nitrogen and oxygen atoms in total. The third-order valence-corrected chi connectivity index (χ3v) is 7.66. The highest BCUT2D eigenvalue weighted by molar-refractivity contribution is 5.93. The van der Waals surface area contributed by atoms with Crippen LogP contribution in [-0.2, 0) is 25.7 Å². The fourth-order valence-corrected chi connectivity index (χ4v) is 6.23. The number of ether oxygens (including phenoxy) is 1. The Morgan fingerprint density at radius 3 is 2.76 bits per heavy atom. The molecule has 3 aliphatic rings. The quantitative estimate of drug-likeness (QED) is 0.645. The van der Waals surface area contributed by atoms with Crippen LogP contribution in [-0.4, -0.2) is 35.8 Å². The third kappa shape index (κ3) is 3.89. The number of carbonyl (C=O) groups is 3. The van der Waals surface area contributed by atoms with Gasteiger partial charge in [0.15, 0.2) is 0 Å². The minimum atomic E-state index is -0.793. The van der Waals surface area contributed by atoms with Gasteiger partial charge in [-0.1, -0.05) is 42.5 Å². The fraction of sp³-hybridized carbons (Fsp3) is 0.464. The SMILES string of the molecule is CCOC(=O)[C@]12CCCC3=C1N(CCC3)C(=O)[C@@H](CC(=O)NCc1cccc3ccccc13)C2. The van der Waals surface area contributed by atoms with Crippen molar-refractivity contribution in [3.05, 3.63) is 59.3 Å². The molecule has 2 heterocycles.